The Labute approximate surface area is 124 Å². The molecule has 0 bridgehead atoms. The van der Waals surface area contributed by atoms with Crippen molar-refractivity contribution in [2.75, 3.05) is 6.54 Å². The van der Waals surface area contributed by atoms with Crippen LogP contribution in [0.15, 0.2) is 28.7 Å². The van der Waals surface area contributed by atoms with Crippen LogP contribution in [0.5, 0.6) is 0 Å². The molecule has 0 aliphatic heterocycles. The third-order valence-corrected chi connectivity index (χ3v) is 3.62. The number of nitrogens with one attached hydrogen (secondary N) is 2. The molecule has 0 heterocycles. The van der Waals surface area contributed by atoms with Crippen LogP contribution in [0.3, 0.4) is 0 Å². The van der Waals surface area contributed by atoms with Crippen molar-refractivity contribution < 1.29 is 4.79 Å². The molecule has 2 N–H and O–H groups in total. The number of amides is 1. The monoisotopic (exact) mass is 326 g/mol. The van der Waals surface area contributed by atoms with E-state index in [1.807, 2.05) is 19.1 Å². The van der Waals surface area contributed by atoms with E-state index in [-0.39, 0.29) is 18.0 Å². The number of halogens is 1. The molecule has 19 heavy (non-hydrogen) atoms. The zero-order valence-electron chi connectivity index (χ0n) is 11.9. The summed E-state index contributed by atoms with van der Waals surface area (Å²) in [6.45, 7) is 6.84. The number of carbonyl (C=O) groups is 1. The highest BCUT2D eigenvalue weighted by Gasteiger charge is 2.15. The van der Waals surface area contributed by atoms with E-state index in [0.717, 1.165) is 23.9 Å². The van der Waals surface area contributed by atoms with Crippen LogP contribution in [-0.4, -0.2) is 18.5 Å². The van der Waals surface area contributed by atoms with Crippen LogP contribution < -0.4 is 10.6 Å². The molecule has 2 unspecified atom stereocenters. The van der Waals surface area contributed by atoms with E-state index in [1.54, 1.807) is 0 Å². The molecule has 3 nitrogen and oxygen atoms in total. The second kappa shape index (κ2) is 8.33. The second-order valence-corrected chi connectivity index (χ2v) is 5.72. The molecule has 1 aromatic rings. The van der Waals surface area contributed by atoms with Crippen LogP contribution >= 0.6 is 15.9 Å². The Hall–Kier alpha value is -0.870. The van der Waals surface area contributed by atoms with Gasteiger partial charge in [-0.3, -0.25) is 10.1 Å². The lowest BCUT2D eigenvalue weighted by Gasteiger charge is -2.20. The van der Waals surface area contributed by atoms with Gasteiger partial charge in [0.2, 0.25) is 5.91 Å². The van der Waals surface area contributed by atoms with Crippen molar-refractivity contribution in [2.45, 2.75) is 45.7 Å². The molecular formula is C15H23BrN2O. The molecule has 1 aromatic carbocycles. The summed E-state index contributed by atoms with van der Waals surface area (Å²) in [6, 6.07) is 8.11. The molecule has 0 aliphatic carbocycles. The Balaban J connectivity index is 2.44. The Kier molecular flexibility index (Phi) is 7.10. The predicted octanol–water partition coefficient (Wildman–Crippen LogP) is 3.40. The van der Waals surface area contributed by atoms with Gasteiger partial charge in [-0.2, -0.15) is 0 Å². The van der Waals surface area contributed by atoms with E-state index >= 15 is 0 Å². The van der Waals surface area contributed by atoms with Crippen molar-refractivity contribution in [1.29, 1.82) is 0 Å². The van der Waals surface area contributed by atoms with E-state index in [4.69, 9.17) is 0 Å². The molecule has 0 aliphatic rings. The van der Waals surface area contributed by atoms with Gasteiger partial charge >= 0.3 is 0 Å². The predicted molar refractivity (Wildman–Crippen MR) is 83.1 cm³/mol. The topological polar surface area (TPSA) is 41.1 Å². The minimum atomic E-state index is -0.185. The molecule has 1 rings (SSSR count). The van der Waals surface area contributed by atoms with Crippen molar-refractivity contribution in [3.63, 3.8) is 0 Å². The Morgan fingerprint density at radius 3 is 2.47 bits per heavy atom. The molecule has 0 fully saturated rings. The van der Waals surface area contributed by atoms with Gasteiger partial charge in [-0.05, 0) is 38.0 Å². The van der Waals surface area contributed by atoms with Gasteiger partial charge in [-0.15, -0.1) is 0 Å². The molecule has 0 saturated heterocycles. The van der Waals surface area contributed by atoms with Crippen LogP contribution in [0.4, 0.5) is 0 Å². The molecule has 0 radical (unpaired) electrons. The summed E-state index contributed by atoms with van der Waals surface area (Å²) >= 11 is 3.42. The number of carbonyl (C=O) groups excluding carboxylic acids is 1. The maximum atomic E-state index is 11.9. The summed E-state index contributed by atoms with van der Waals surface area (Å²) in [7, 11) is 0. The summed E-state index contributed by atoms with van der Waals surface area (Å²) in [5, 5.41) is 6.26. The Bertz CT molecular complexity index is 392. The first-order valence-corrected chi connectivity index (χ1v) is 7.63. The maximum Gasteiger partial charge on any atom is 0.236 e. The van der Waals surface area contributed by atoms with E-state index in [9.17, 15) is 4.79 Å². The smallest absolute Gasteiger partial charge is 0.236 e. The highest BCUT2D eigenvalue weighted by molar-refractivity contribution is 9.10. The summed E-state index contributed by atoms with van der Waals surface area (Å²) in [5.41, 5.74) is 1.18. The first kappa shape index (κ1) is 16.2. The fourth-order valence-electron chi connectivity index (χ4n) is 1.84. The fraction of sp³-hybridized carbons (Fsp3) is 0.533. The third kappa shape index (κ3) is 5.74. The van der Waals surface area contributed by atoms with Gasteiger partial charge in [0.05, 0.1) is 6.04 Å². The lowest BCUT2D eigenvalue weighted by atomic mass is 10.1. The van der Waals surface area contributed by atoms with E-state index in [2.05, 4.69) is 52.5 Å². The van der Waals surface area contributed by atoms with Crippen molar-refractivity contribution >= 4 is 21.8 Å². The van der Waals surface area contributed by atoms with Crippen molar-refractivity contribution in [3.05, 3.63) is 34.3 Å². The number of hydrogen-bond acceptors (Lipinski definition) is 2. The normalized spacial score (nSPS) is 13.9. The lowest BCUT2D eigenvalue weighted by molar-refractivity contribution is -0.122. The molecule has 1 amide bonds. The van der Waals surface area contributed by atoms with Gasteiger partial charge in [0.15, 0.2) is 0 Å². The van der Waals surface area contributed by atoms with Crippen molar-refractivity contribution in [1.82, 2.24) is 10.6 Å². The zero-order valence-corrected chi connectivity index (χ0v) is 13.5. The first-order chi connectivity index (χ1) is 9.04. The quantitative estimate of drug-likeness (QED) is 0.754. The number of benzene rings is 1. The highest BCUT2D eigenvalue weighted by atomic mass is 79.9. The van der Waals surface area contributed by atoms with Crippen LogP contribution in [-0.2, 0) is 4.79 Å². The van der Waals surface area contributed by atoms with Gasteiger partial charge < -0.3 is 5.32 Å². The van der Waals surface area contributed by atoms with Gasteiger partial charge in [-0.1, -0.05) is 41.4 Å². The van der Waals surface area contributed by atoms with Gasteiger partial charge in [0.1, 0.15) is 0 Å². The Morgan fingerprint density at radius 1 is 1.26 bits per heavy atom. The van der Waals surface area contributed by atoms with E-state index < -0.39 is 0 Å². The van der Waals surface area contributed by atoms with Gasteiger partial charge in [-0.25, -0.2) is 0 Å². The summed E-state index contributed by atoms with van der Waals surface area (Å²) in [4.78, 5) is 11.9. The summed E-state index contributed by atoms with van der Waals surface area (Å²) < 4.78 is 1.06. The van der Waals surface area contributed by atoms with E-state index in [1.165, 1.54) is 5.56 Å². The maximum absolute atomic E-state index is 11.9. The number of unbranched alkanes of at least 4 members (excludes halogenated alkanes) is 1. The molecule has 0 saturated carbocycles. The van der Waals surface area contributed by atoms with Crippen LogP contribution in [0.25, 0.3) is 0 Å². The minimum absolute atomic E-state index is 0.0670. The molecule has 2 atom stereocenters. The molecular weight excluding hydrogens is 304 g/mol. The summed E-state index contributed by atoms with van der Waals surface area (Å²) in [6.07, 6.45) is 2.12. The molecule has 0 spiro atoms. The second-order valence-electron chi connectivity index (χ2n) is 4.81. The van der Waals surface area contributed by atoms with Gasteiger partial charge in [0.25, 0.3) is 0 Å². The van der Waals surface area contributed by atoms with Crippen LogP contribution in [0.2, 0.25) is 0 Å². The molecule has 106 valence electrons. The minimum Gasteiger partial charge on any atom is -0.355 e. The standard InChI is InChI=1S/C15H23BrN2O/c1-4-5-10-17-15(19)12(3)18-11(2)13-6-8-14(16)9-7-13/h6-9,11-12,18H,4-5,10H2,1-3H3,(H,17,19). The molecule has 0 aromatic heterocycles. The van der Waals surface area contributed by atoms with E-state index in [0.29, 0.717) is 0 Å². The largest absolute Gasteiger partial charge is 0.355 e. The number of hydrogen-bond donors (Lipinski definition) is 2. The van der Waals surface area contributed by atoms with Crippen molar-refractivity contribution in [3.8, 4) is 0 Å². The fourth-order valence-corrected chi connectivity index (χ4v) is 2.10. The lowest BCUT2D eigenvalue weighted by Crippen LogP contribution is -2.43. The third-order valence-electron chi connectivity index (χ3n) is 3.09. The highest BCUT2D eigenvalue weighted by Crippen LogP contribution is 2.16. The SMILES string of the molecule is CCCCNC(=O)C(C)NC(C)c1ccc(Br)cc1. The summed E-state index contributed by atoms with van der Waals surface area (Å²) in [5.74, 6) is 0.0670. The van der Waals surface area contributed by atoms with Gasteiger partial charge in [0, 0.05) is 17.1 Å². The Morgan fingerprint density at radius 2 is 1.89 bits per heavy atom. The zero-order chi connectivity index (χ0) is 14.3. The average molecular weight is 327 g/mol. The van der Waals surface area contributed by atoms with Crippen LogP contribution in [0, 0.1) is 0 Å². The first-order valence-electron chi connectivity index (χ1n) is 6.83. The number of rotatable bonds is 7. The van der Waals surface area contributed by atoms with Crippen molar-refractivity contribution in [2.24, 2.45) is 0 Å². The molecule has 4 heteroatoms. The van der Waals surface area contributed by atoms with Crippen LogP contribution in [0.1, 0.15) is 45.2 Å². The average Bonchev–Trinajstić information content (AvgIpc) is 2.39.